The molecule has 0 radical (unpaired) electrons. The van der Waals surface area contributed by atoms with E-state index < -0.39 is 0 Å². The lowest BCUT2D eigenvalue weighted by molar-refractivity contribution is 0.198. The fourth-order valence-electron chi connectivity index (χ4n) is 3.61. The number of piperidine rings is 1. The minimum Gasteiger partial charge on any atom is -0.341 e. The predicted octanol–water partition coefficient (Wildman–Crippen LogP) is 2.91. The van der Waals surface area contributed by atoms with Gasteiger partial charge in [0.15, 0.2) is 0 Å². The summed E-state index contributed by atoms with van der Waals surface area (Å²) in [7, 11) is 0. The highest BCUT2D eigenvalue weighted by molar-refractivity contribution is 7.09. The lowest BCUT2D eigenvalue weighted by Crippen LogP contribution is -2.34. The largest absolute Gasteiger partial charge is 0.341 e. The molecule has 0 aromatic carbocycles. The van der Waals surface area contributed by atoms with Crippen LogP contribution in [0, 0.1) is 0 Å². The third-order valence-electron chi connectivity index (χ3n) is 4.78. The van der Waals surface area contributed by atoms with Crippen LogP contribution in [0.5, 0.6) is 0 Å². The van der Waals surface area contributed by atoms with Crippen LogP contribution in [0.3, 0.4) is 0 Å². The van der Waals surface area contributed by atoms with Crippen molar-refractivity contribution in [2.45, 2.75) is 38.1 Å². The standard InChI is InChI=1S/C17H23N5S/c1-2-10-22(9-1)17-19-6-5-15(20-17)13-21-8-3-4-14(12-21)16-18-7-11-23-16/h5-7,11,14H,1-4,8-10,12-13H2/t14-/m0/s1. The fourth-order valence-corrected chi connectivity index (χ4v) is 4.38. The van der Waals surface area contributed by atoms with E-state index >= 15 is 0 Å². The third-order valence-corrected chi connectivity index (χ3v) is 5.72. The van der Waals surface area contributed by atoms with E-state index in [1.807, 2.05) is 12.4 Å². The number of hydrogen-bond donors (Lipinski definition) is 0. The average molecular weight is 329 g/mol. The van der Waals surface area contributed by atoms with Crippen LogP contribution < -0.4 is 4.90 Å². The Bertz CT molecular complexity index is 624. The molecule has 4 rings (SSSR count). The van der Waals surface area contributed by atoms with E-state index in [0.29, 0.717) is 5.92 Å². The molecule has 2 aliphatic rings. The summed E-state index contributed by atoms with van der Waals surface area (Å²) < 4.78 is 0. The molecule has 0 amide bonds. The van der Waals surface area contributed by atoms with Gasteiger partial charge in [0.1, 0.15) is 0 Å². The van der Waals surface area contributed by atoms with Gasteiger partial charge in [0.2, 0.25) is 5.95 Å². The second-order valence-electron chi connectivity index (χ2n) is 6.49. The smallest absolute Gasteiger partial charge is 0.225 e. The Morgan fingerprint density at radius 3 is 2.83 bits per heavy atom. The Balaban J connectivity index is 1.42. The molecule has 122 valence electrons. The van der Waals surface area contributed by atoms with Crippen LogP contribution in [0.4, 0.5) is 5.95 Å². The number of thiazole rings is 1. The molecule has 2 aromatic heterocycles. The Kier molecular flexibility index (Phi) is 4.52. The summed E-state index contributed by atoms with van der Waals surface area (Å²) in [4.78, 5) is 18.6. The quantitative estimate of drug-likeness (QED) is 0.863. The van der Waals surface area contributed by atoms with Crippen LogP contribution in [0.1, 0.15) is 42.3 Å². The van der Waals surface area contributed by atoms with E-state index in [2.05, 4.69) is 31.2 Å². The van der Waals surface area contributed by atoms with Gasteiger partial charge in [-0.2, -0.15) is 0 Å². The summed E-state index contributed by atoms with van der Waals surface area (Å²) >= 11 is 1.79. The molecule has 2 aliphatic heterocycles. The predicted molar refractivity (Wildman–Crippen MR) is 92.8 cm³/mol. The van der Waals surface area contributed by atoms with Gasteiger partial charge in [0.05, 0.1) is 10.7 Å². The summed E-state index contributed by atoms with van der Waals surface area (Å²) in [6.07, 6.45) is 8.86. The normalized spacial score (nSPS) is 22.6. The molecule has 0 bridgehead atoms. The van der Waals surface area contributed by atoms with Crippen molar-refractivity contribution < 1.29 is 0 Å². The summed E-state index contributed by atoms with van der Waals surface area (Å²) in [6.45, 7) is 5.37. The van der Waals surface area contributed by atoms with Gasteiger partial charge in [-0.3, -0.25) is 4.90 Å². The highest BCUT2D eigenvalue weighted by Gasteiger charge is 2.23. The molecular formula is C17H23N5S. The molecular weight excluding hydrogens is 306 g/mol. The van der Waals surface area contributed by atoms with E-state index in [1.54, 1.807) is 11.3 Å². The number of rotatable bonds is 4. The maximum Gasteiger partial charge on any atom is 0.225 e. The molecule has 2 fully saturated rings. The number of hydrogen-bond acceptors (Lipinski definition) is 6. The van der Waals surface area contributed by atoms with Crippen molar-refractivity contribution in [3.63, 3.8) is 0 Å². The molecule has 4 heterocycles. The maximum atomic E-state index is 4.80. The van der Waals surface area contributed by atoms with Crippen molar-refractivity contribution in [2.24, 2.45) is 0 Å². The molecule has 2 saturated heterocycles. The minimum absolute atomic E-state index is 0.587. The Hall–Kier alpha value is -1.53. The lowest BCUT2D eigenvalue weighted by Gasteiger charge is -2.31. The molecule has 0 spiro atoms. The van der Waals surface area contributed by atoms with Gasteiger partial charge < -0.3 is 4.90 Å². The molecule has 0 N–H and O–H groups in total. The van der Waals surface area contributed by atoms with E-state index in [4.69, 9.17) is 4.98 Å². The second kappa shape index (κ2) is 6.93. The van der Waals surface area contributed by atoms with Crippen molar-refractivity contribution >= 4 is 17.3 Å². The number of likely N-dealkylation sites (tertiary alicyclic amines) is 1. The molecule has 2 aromatic rings. The summed E-state index contributed by atoms with van der Waals surface area (Å²) in [6, 6.07) is 2.06. The van der Waals surface area contributed by atoms with Crippen molar-refractivity contribution in [3.05, 3.63) is 34.5 Å². The molecule has 1 atom stereocenters. The first kappa shape index (κ1) is 15.0. The Labute approximate surface area is 141 Å². The minimum atomic E-state index is 0.587. The van der Waals surface area contributed by atoms with Crippen LogP contribution in [-0.2, 0) is 6.54 Å². The third kappa shape index (κ3) is 3.53. The van der Waals surface area contributed by atoms with Gasteiger partial charge in [-0.15, -0.1) is 11.3 Å². The van der Waals surface area contributed by atoms with Crippen LogP contribution in [0.15, 0.2) is 23.8 Å². The zero-order valence-electron chi connectivity index (χ0n) is 13.4. The lowest BCUT2D eigenvalue weighted by atomic mass is 9.98. The van der Waals surface area contributed by atoms with Gasteiger partial charge in [-0.1, -0.05) is 0 Å². The molecule has 6 heteroatoms. The molecule has 5 nitrogen and oxygen atoms in total. The highest BCUT2D eigenvalue weighted by Crippen LogP contribution is 2.28. The van der Waals surface area contributed by atoms with Gasteiger partial charge in [-0.05, 0) is 38.3 Å². The molecule has 0 aliphatic carbocycles. The van der Waals surface area contributed by atoms with Crippen LogP contribution >= 0.6 is 11.3 Å². The number of aromatic nitrogens is 3. The van der Waals surface area contributed by atoms with E-state index in [9.17, 15) is 0 Å². The van der Waals surface area contributed by atoms with Crippen molar-refractivity contribution in [2.75, 3.05) is 31.1 Å². The zero-order valence-corrected chi connectivity index (χ0v) is 14.2. The monoisotopic (exact) mass is 329 g/mol. The maximum absolute atomic E-state index is 4.80. The first-order valence-electron chi connectivity index (χ1n) is 8.57. The average Bonchev–Trinajstić information content (AvgIpc) is 3.29. The molecule has 0 saturated carbocycles. The summed E-state index contributed by atoms with van der Waals surface area (Å²) in [5.74, 6) is 1.50. The first-order valence-corrected chi connectivity index (χ1v) is 9.45. The molecule has 0 unspecified atom stereocenters. The van der Waals surface area contributed by atoms with Gasteiger partial charge in [-0.25, -0.2) is 15.0 Å². The Morgan fingerprint density at radius 2 is 2.00 bits per heavy atom. The van der Waals surface area contributed by atoms with E-state index in [1.165, 1.54) is 30.7 Å². The summed E-state index contributed by atoms with van der Waals surface area (Å²) in [5, 5.41) is 3.37. The fraction of sp³-hybridized carbons (Fsp3) is 0.588. The van der Waals surface area contributed by atoms with Crippen LogP contribution in [-0.4, -0.2) is 46.0 Å². The van der Waals surface area contributed by atoms with Crippen LogP contribution in [0.25, 0.3) is 0 Å². The van der Waals surface area contributed by atoms with Gasteiger partial charge >= 0.3 is 0 Å². The Morgan fingerprint density at radius 1 is 1.09 bits per heavy atom. The highest BCUT2D eigenvalue weighted by atomic mass is 32.1. The molecule has 23 heavy (non-hydrogen) atoms. The second-order valence-corrected chi connectivity index (χ2v) is 7.41. The SMILES string of the molecule is c1cc(CN2CCC[C@H](c3nccs3)C2)nc(N2CCCC2)n1. The van der Waals surface area contributed by atoms with E-state index in [0.717, 1.165) is 44.4 Å². The van der Waals surface area contributed by atoms with Gasteiger partial charge in [0.25, 0.3) is 0 Å². The topological polar surface area (TPSA) is 45.2 Å². The number of anilines is 1. The number of nitrogens with zero attached hydrogens (tertiary/aromatic N) is 5. The van der Waals surface area contributed by atoms with Crippen LogP contribution in [0.2, 0.25) is 0 Å². The van der Waals surface area contributed by atoms with Crippen molar-refractivity contribution in [1.82, 2.24) is 19.9 Å². The first-order chi connectivity index (χ1) is 11.4. The van der Waals surface area contributed by atoms with E-state index in [-0.39, 0.29) is 0 Å². The van der Waals surface area contributed by atoms with Crippen molar-refractivity contribution in [3.8, 4) is 0 Å². The zero-order chi connectivity index (χ0) is 15.5. The van der Waals surface area contributed by atoms with Crippen molar-refractivity contribution in [1.29, 1.82) is 0 Å². The summed E-state index contributed by atoms with van der Waals surface area (Å²) in [5.41, 5.74) is 1.14. The van der Waals surface area contributed by atoms with Gasteiger partial charge in [0, 0.05) is 49.9 Å².